The molecule has 0 unspecified atom stereocenters. The molecule has 3 heteroatoms. The van der Waals surface area contributed by atoms with Crippen molar-refractivity contribution in [2.24, 2.45) is 5.73 Å². The zero-order valence-electron chi connectivity index (χ0n) is 3.85. The lowest BCUT2D eigenvalue weighted by atomic mass is 10.6. The lowest BCUT2D eigenvalue weighted by molar-refractivity contribution is 0.350. The molecule has 0 aromatic carbocycles. The van der Waals surface area contributed by atoms with Crippen molar-refractivity contribution in [2.45, 2.75) is 0 Å². The molecular weight excluding hydrogens is 114 g/mol. The average Bonchev–Trinajstić information content (AvgIpc) is 1.61. The van der Waals surface area contributed by atoms with E-state index < -0.39 is 0 Å². The Labute approximate surface area is 49.1 Å². The summed E-state index contributed by atoms with van der Waals surface area (Å²) in [5.74, 6) is 4.85. The maximum Gasteiger partial charge on any atom is 0.104 e. The van der Waals surface area contributed by atoms with Crippen molar-refractivity contribution < 1.29 is 5.11 Å². The van der Waals surface area contributed by atoms with Gasteiger partial charge in [0.05, 0.1) is 6.54 Å². The van der Waals surface area contributed by atoms with Gasteiger partial charge in [0.1, 0.15) is 6.61 Å². The second-order valence-electron chi connectivity index (χ2n) is 0.716. The monoisotopic (exact) mass is 121 g/mol. The Morgan fingerprint density at radius 3 is 2.14 bits per heavy atom. The molecule has 7 heavy (non-hydrogen) atoms. The van der Waals surface area contributed by atoms with E-state index in [-0.39, 0.29) is 19.0 Å². The van der Waals surface area contributed by atoms with Gasteiger partial charge in [0.15, 0.2) is 0 Å². The smallest absolute Gasteiger partial charge is 0.104 e. The van der Waals surface area contributed by atoms with Crippen LogP contribution in [0.25, 0.3) is 0 Å². The highest BCUT2D eigenvalue weighted by molar-refractivity contribution is 5.85. The lowest BCUT2D eigenvalue weighted by Gasteiger charge is -1.67. The van der Waals surface area contributed by atoms with Crippen molar-refractivity contribution in [3.63, 3.8) is 0 Å². The van der Waals surface area contributed by atoms with Crippen molar-refractivity contribution in [2.75, 3.05) is 13.2 Å². The van der Waals surface area contributed by atoms with Gasteiger partial charge in [-0.25, -0.2) is 0 Å². The van der Waals surface area contributed by atoms with E-state index in [4.69, 9.17) is 10.8 Å². The van der Waals surface area contributed by atoms with E-state index >= 15 is 0 Å². The first-order chi connectivity index (χ1) is 2.91. The summed E-state index contributed by atoms with van der Waals surface area (Å²) in [6, 6.07) is 0. The van der Waals surface area contributed by atoms with Crippen LogP contribution in [0, 0.1) is 11.8 Å². The van der Waals surface area contributed by atoms with Crippen LogP contribution in [0.5, 0.6) is 0 Å². The van der Waals surface area contributed by atoms with Crippen LogP contribution >= 0.6 is 12.4 Å². The van der Waals surface area contributed by atoms with Gasteiger partial charge >= 0.3 is 0 Å². The molecule has 0 radical (unpaired) electrons. The number of halogens is 1. The molecule has 0 bridgehead atoms. The summed E-state index contributed by atoms with van der Waals surface area (Å²) in [6.45, 7) is 0.248. The number of hydrogen-bond donors (Lipinski definition) is 2. The van der Waals surface area contributed by atoms with Crippen LogP contribution in [0.15, 0.2) is 0 Å². The van der Waals surface area contributed by atoms with Crippen molar-refractivity contribution >= 4 is 12.4 Å². The molecule has 42 valence electrons. The van der Waals surface area contributed by atoms with Gasteiger partial charge in [-0.2, -0.15) is 0 Å². The highest BCUT2D eigenvalue weighted by atomic mass is 35.5. The fraction of sp³-hybridized carbons (Fsp3) is 0.500. The molecule has 0 fully saturated rings. The standard InChI is InChI=1S/C4H7NO.ClH/c5-3-1-2-4-6;/h6H,3-5H2;1H. The number of rotatable bonds is 0. The Morgan fingerprint density at radius 2 is 2.00 bits per heavy atom. The normalized spacial score (nSPS) is 5.43. The van der Waals surface area contributed by atoms with Crippen LogP contribution in [0.2, 0.25) is 0 Å². The van der Waals surface area contributed by atoms with E-state index in [2.05, 4.69) is 11.8 Å². The largest absolute Gasteiger partial charge is 0.384 e. The first kappa shape index (κ1) is 9.91. The van der Waals surface area contributed by atoms with Crippen molar-refractivity contribution in [3.8, 4) is 11.8 Å². The predicted octanol–water partition coefficient (Wildman–Crippen LogP) is -0.637. The van der Waals surface area contributed by atoms with E-state index in [0.29, 0.717) is 6.54 Å². The summed E-state index contributed by atoms with van der Waals surface area (Å²) in [6.07, 6.45) is 0. The molecule has 0 spiro atoms. The van der Waals surface area contributed by atoms with Gasteiger partial charge in [-0.1, -0.05) is 11.8 Å². The molecule has 3 N–H and O–H groups in total. The summed E-state index contributed by atoms with van der Waals surface area (Å²) in [4.78, 5) is 0. The molecule has 0 aliphatic rings. The fourth-order valence-corrected chi connectivity index (χ4v) is 0.128. The number of aliphatic hydroxyl groups excluding tert-OH is 1. The highest BCUT2D eigenvalue weighted by Crippen LogP contribution is 1.45. The zero-order valence-corrected chi connectivity index (χ0v) is 4.66. The third-order valence-corrected chi connectivity index (χ3v) is 0.306. The third-order valence-electron chi connectivity index (χ3n) is 0.306. The van der Waals surface area contributed by atoms with Gasteiger partial charge in [-0.05, 0) is 0 Å². The molecule has 0 saturated carbocycles. The summed E-state index contributed by atoms with van der Waals surface area (Å²) in [5, 5.41) is 7.97. The first-order valence-electron chi connectivity index (χ1n) is 1.68. The molecule has 0 aromatic heterocycles. The van der Waals surface area contributed by atoms with Gasteiger partial charge in [-0.3, -0.25) is 0 Å². The Morgan fingerprint density at radius 1 is 1.43 bits per heavy atom. The Bertz CT molecular complexity index is 65.5. The zero-order chi connectivity index (χ0) is 4.83. The second kappa shape index (κ2) is 9.24. The minimum absolute atomic E-state index is 0. The molecule has 0 aromatic rings. The third kappa shape index (κ3) is 10.7. The van der Waals surface area contributed by atoms with Gasteiger partial charge in [0.2, 0.25) is 0 Å². The fourth-order valence-electron chi connectivity index (χ4n) is 0.128. The van der Waals surface area contributed by atoms with Gasteiger partial charge < -0.3 is 10.8 Å². The molecule has 0 aliphatic heterocycles. The SMILES string of the molecule is Cl.NCC#CCO. The Kier molecular flexibility index (Phi) is 13.1. The van der Waals surface area contributed by atoms with Crippen LogP contribution in [-0.2, 0) is 0 Å². The number of hydrogen-bond acceptors (Lipinski definition) is 2. The molecule has 0 saturated heterocycles. The maximum absolute atomic E-state index is 7.97. The van der Waals surface area contributed by atoms with Crippen LogP contribution in [0.4, 0.5) is 0 Å². The molecule has 0 aliphatic carbocycles. The van der Waals surface area contributed by atoms with Crippen LogP contribution < -0.4 is 5.73 Å². The summed E-state index contributed by atoms with van der Waals surface area (Å²) >= 11 is 0. The first-order valence-corrected chi connectivity index (χ1v) is 1.68. The minimum Gasteiger partial charge on any atom is -0.384 e. The van der Waals surface area contributed by atoms with E-state index in [1.165, 1.54) is 0 Å². The summed E-state index contributed by atoms with van der Waals surface area (Å²) in [5.41, 5.74) is 4.93. The van der Waals surface area contributed by atoms with E-state index in [1.54, 1.807) is 0 Å². The molecule has 2 nitrogen and oxygen atoms in total. The van der Waals surface area contributed by atoms with Crippen LogP contribution in [0.3, 0.4) is 0 Å². The Hall–Kier alpha value is -0.230. The molecule has 0 heterocycles. The minimum atomic E-state index is -0.0861. The lowest BCUT2D eigenvalue weighted by Crippen LogP contribution is -1.93. The topological polar surface area (TPSA) is 46.2 Å². The summed E-state index contributed by atoms with van der Waals surface area (Å²) < 4.78 is 0. The average molecular weight is 122 g/mol. The predicted molar refractivity (Wildman–Crippen MR) is 31.2 cm³/mol. The van der Waals surface area contributed by atoms with Crippen molar-refractivity contribution in [3.05, 3.63) is 0 Å². The molecule has 0 rings (SSSR count). The van der Waals surface area contributed by atoms with Gasteiger partial charge in [-0.15, -0.1) is 12.4 Å². The van der Waals surface area contributed by atoms with Crippen molar-refractivity contribution in [1.82, 2.24) is 0 Å². The van der Waals surface area contributed by atoms with Gasteiger partial charge in [0.25, 0.3) is 0 Å². The molecular formula is C4H8ClNO. The van der Waals surface area contributed by atoms with Crippen molar-refractivity contribution in [1.29, 1.82) is 0 Å². The maximum atomic E-state index is 7.97. The number of nitrogens with two attached hydrogens (primary N) is 1. The summed E-state index contributed by atoms with van der Waals surface area (Å²) in [7, 11) is 0. The van der Waals surface area contributed by atoms with Crippen LogP contribution in [0.1, 0.15) is 0 Å². The number of aliphatic hydroxyl groups is 1. The molecule has 0 amide bonds. The second-order valence-corrected chi connectivity index (χ2v) is 0.716. The van der Waals surface area contributed by atoms with E-state index in [9.17, 15) is 0 Å². The van der Waals surface area contributed by atoms with Crippen LogP contribution in [-0.4, -0.2) is 18.3 Å². The highest BCUT2D eigenvalue weighted by Gasteiger charge is 1.56. The van der Waals surface area contributed by atoms with Gasteiger partial charge in [0, 0.05) is 0 Å². The van der Waals surface area contributed by atoms with E-state index in [0.717, 1.165) is 0 Å². The quantitative estimate of drug-likeness (QED) is 0.419. The molecule has 0 atom stereocenters. The Balaban J connectivity index is 0. The van der Waals surface area contributed by atoms with E-state index in [1.807, 2.05) is 0 Å².